The Morgan fingerprint density at radius 1 is 0.490 bits per heavy atom. The fourth-order valence-corrected chi connectivity index (χ4v) is 14.9. The van der Waals surface area contributed by atoms with Gasteiger partial charge in [-0.25, -0.2) is 42.1 Å². The van der Waals surface area contributed by atoms with E-state index in [4.69, 9.17) is 47.4 Å². The first-order valence-electron chi connectivity index (χ1n) is 31.3. The molecule has 34 heteroatoms. The second-order valence-corrected chi connectivity index (χ2v) is 30.0. The standard InChI is InChI=1S/C64H88N2O27S5/c1-63(21-13-43-94(69,70)71)58(66(24-26-87-32-34-91-39-40-93-42-41-92-38-36-89-30-28-85-4)55-20-18-50-52(61(55)63)44-48(95(72,73)74)46-56(50)97(78,79)80)14-9-6-5-7-10-15-59-64(2,22-25-86-31-33-90-37-35-88-29-27-84-3)62-53-45-49(96(75,76)77)47-57(98(81,82)83)51(53)17-19-54(62)65(59)23-12-8-11-16-60(67)68/h5-7,9-10,14-15,17-20,44-47H,8,11-13,16,21-43H2,1-4H3,(H5-,67,68,69,70,71,72,73,74,75,76,77,78,79,80,81,82,83)/p-4. The molecule has 546 valence electrons. The van der Waals surface area contributed by atoms with E-state index in [0.29, 0.717) is 119 Å². The van der Waals surface area contributed by atoms with Crippen LogP contribution < -0.4 is 4.90 Å². The maximum absolute atomic E-state index is 12.8. The lowest BCUT2D eigenvalue weighted by Gasteiger charge is -2.31. The molecule has 2 aliphatic rings. The van der Waals surface area contributed by atoms with Crippen LogP contribution in [-0.2, 0) is 114 Å². The lowest BCUT2D eigenvalue weighted by Crippen LogP contribution is -2.33. The lowest BCUT2D eigenvalue weighted by atomic mass is 9.74. The molecule has 6 rings (SSSR count). The monoisotopic (exact) mass is 1470 g/mol. The molecule has 2 unspecified atom stereocenters. The van der Waals surface area contributed by atoms with Crippen molar-refractivity contribution in [1.82, 2.24) is 0 Å². The van der Waals surface area contributed by atoms with E-state index in [1.165, 1.54) is 18.2 Å². The minimum absolute atomic E-state index is 0.00357. The summed E-state index contributed by atoms with van der Waals surface area (Å²) in [5, 5.41) is 8.90. The molecule has 0 aromatic heterocycles. The van der Waals surface area contributed by atoms with Gasteiger partial charge in [-0.2, -0.15) is 4.58 Å². The first kappa shape index (κ1) is 81.4. The number of benzene rings is 4. The van der Waals surface area contributed by atoms with Crippen molar-refractivity contribution in [2.75, 3.05) is 157 Å². The summed E-state index contributed by atoms with van der Waals surface area (Å²) in [7, 11) is -23.3. The van der Waals surface area contributed by atoms with Gasteiger partial charge in [0.25, 0.3) is 0 Å². The van der Waals surface area contributed by atoms with Gasteiger partial charge in [0.2, 0.25) is 5.69 Å². The zero-order valence-electron chi connectivity index (χ0n) is 55.0. The van der Waals surface area contributed by atoms with Crippen LogP contribution in [0.25, 0.3) is 21.5 Å². The SMILES string of the molecule is COCCOCCOCCOCCOCCOCC[N+]1=C(/C=C/C=C/C=C/C=C2/N(CCCCCC(=O)O)c3ccc4c(S(=O)(=O)[O-])cc(S(=O)(=O)[O-])cc4c3C2(C)CCOCCOCCOCCOC)C(C)(CCCS(=O)(=O)[O-])c2c1ccc1c(S(=O)(=O)[O-])cc(S(=O)(=O)[O-])cc21. The smallest absolute Gasteiger partial charge is 0.303 e. The van der Waals surface area contributed by atoms with Gasteiger partial charge in [0, 0.05) is 79.4 Å². The fourth-order valence-electron chi connectivity index (χ4n) is 11.7. The molecule has 2 aliphatic heterocycles. The molecule has 0 spiro atoms. The van der Waals surface area contributed by atoms with Gasteiger partial charge in [0.05, 0.1) is 141 Å². The van der Waals surface area contributed by atoms with Crippen LogP contribution >= 0.6 is 0 Å². The third-order valence-corrected chi connectivity index (χ3v) is 20.4. The number of fused-ring (bicyclic) bond motifs is 6. The zero-order valence-corrected chi connectivity index (χ0v) is 59.0. The minimum Gasteiger partial charge on any atom is -0.748 e. The Morgan fingerprint density at radius 2 is 0.939 bits per heavy atom. The fraction of sp³-hybridized carbons (Fsp3) is 0.531. The molecule has 0 amide bonds. The van der Waals surface area contributed by atoms with Crippen molar-refractivity contribution in [2.45, 2.75) is 89.2 Å². The van der Waals surface area contributed by atoms with E-state index in [0.717, 1.165) is 12.1 Å². The van der Waals surface area contributed by atoms with E-state index in [9.17, 15) is 74.8 Å². The molecule has 0 aliphatic carbocycles. The highest BCUT2D eigenvalue weighted by Gasteiger charge is 2.49. The second-order valence-electron chi connectivity index (χ2n) is 23.0. The number of allylic oxidation sites excluding steroid dienone is 8. The average Bonchev–Trinajstić information content (AvgIpc) is 1.53. The van der Waals surface area contributed by atoms with Gasteiger partial charge in [-0.3, -0.25) is 4.79 Å². The van der Waals surface area contributed by atoms with Crippen molar-refractivity contribution in [3.05, 3.63) is 108 Å². The number of ether oxygens (including phenoxy) is 10. The minimum atomic E-state index is -5.44. The average molecular weight is 1470 g/mol. The quantitative estimate of drug-likeness (QED) is 0.0260. The number of carboxylic acids is 1. The van der Waals surface area contributed by atoms with E-state index in [1.807, 2.05) is 11.8 Å². The number of carboxylic acid groups (broad SMARTS) is 1. The van der Waals surface area contributed by atoms with E-state index >= 15 is 0 Å². The Hall–Kier alpha value is -5.55. The number of hydrogen-bond donors (Lipinski definition) is 1. The van der Waals surface area contributed by atoms with Crippen LogP contribution in [0.3, 0.4) is 0 Å². The molecular formula is C64H84N2O27S5-4. The summed E-state index contributed by atoms with van der Waals surface area (Å²) in [5.74, 6) is -1.82. The molecule has 0 saturated carbocycles. The van der Waals surface area contributed by atoms with Crippen LogP contribution in [0.15, 0.2) is 116 Å². The molecular weight excluding hydrogens is 1390 g/mol. The molecule has 98 heavy (non-hydrogen) atoms. The largest absolute Gasteiger partial charge is 0.748 e. The molecule has 4 aromatic carbocycles. The van der Waals surface area contributed by atoms with Crippen molar-refractivity contribution in [3.8, 4) is 0 Å². The van der Waals surface area contributed by atoms with E-state index in [-0.39, 0.29) is 125 Å². The highest BCUT2D eigenvalue weighted by atomic mass is 32.2. The van der Waals surface area contributed by atoms with Gasteiger partial charge >= 0.3 is 5.97 Å². The summed E-state index contributed by atoms with van der Waals surface area (Å²) in [4.78, 5) is 9.50. The number of methoxy groups -OCH3 is 2. The first-order valence-corrected chi connectivity index (χ1v) is 38.6. The summed E-state index contributed by atoms with van der Waals surface area (Å²) in [6.07, 6.45) is 12.5. The predicted molar refractivity (Wildman–Crippen MR) is 352 cm³/mol. The van der Waals surface area contributed by atoms with Crippen LogP contribution in [0.2, 0.25) is 0 Å². The number of hydrogen-bond acceptors (Lipinski definition) is 27. The zero-order chi connectivity index (χ0) is 71.8. The van der Waals surface area contributed by atoms with E-state index in [2.05, 4.69) is 0 Å². The second kappa shape index (κ2) is 37.9. The van der Waals surface area contributed by atoms with Gasteiger partial charge in [0.15, 0.2) is 12.3 Å². The molecule has 0 fully saturated rings. The number of unbranched alkanes of at least 4 members (excludes halogenated alkanes) is 2. The highest BCUT2D eigenvalue weighted by molar-refractivity contribution is 7.87. The third kappa shape index (κ3) is 23.5. The highest BCUT2D eigenvalue weighted by Crippen LogP contribution is 2.54. The van der Waals surface area contributed by atoms with Crippen molar-refractivity contribution in [2.24, 2.45) is 0 Å². The summed E-state index contributed by atoms with van der Waals surface area (Å²) < 4.78 is 246. The van der Waals surface area contributed by atoms with Gasteiger partial charge in [-0.15, -0.1) is 0 Å². The third-order valence-electron chi connectivity index (χ3n) is 16.2. The maximum atomic E-state index is 12.8. The molecule has 0 radical (unpaired) electrons. The van der Waals surface area contributed by atoms with Crippen LogP contribution in [0.5, 0.6) is 0 Å². The topological polar surface area (TPSA) is 422 Å². The number of rotatable bonds is 48. The lowest BCUT2D eigenvalue weighted by molar-refractivity contribution is -0.442. The van der Waals surface area contributed by atoms with Gasteiger partial charge < -0.3 is 80.1 Å². The summed E-state index contributed by atoms with van der Waals surface area (Å²) >= 11 is 0. The Morgan fingerprint density at radius 3 is 1.41 bits per heavy atom. The predicted octanol–water partition coefficient (Wildman–Crippen LogP) is 5.08. The van der Waals surface area contributed by atoms with Gasteiger partial charge in [0.1, 0.15) is 47.1 Å². The number of nitrogens with zero attached hydrogens (tertiary/aromatic N) is 2. The van der Waals surface area contributed by atoms with Crippen LogP contribution in [0, 0.1) is 0 Å². The maximum Gasteiger partial charge on any atom is 0.303 e. The Bertz CT molecular complexity index is 4120. The van der Waals surface area contributed by atoms with Crippen molar-refractivity contribution in [3.63, 3.8) is 0 Å². The van der Waals surface area contributed by atoms with Gasteiger partial charge in [-0.1, -0.05) is 42.9 Å². The molecule has 2 atom stereocenters. The molecule has 1 N–H and O–H groups in total. The van der Waals surface area contributed by atoms with Gasteiger partial charge in [-0.05, 0) is 110 Å². The molecule has 29 nitrogen and oxygen atoms in total. The summed E-state index contributed by atoms with van der Waals surface area (Å²) in [5.41, 5.74) is -0.245. The number of anilines is 1. The van der Waals surface area contributed by atoms with E-state index in [1.54, 1.807) is 74.3 Å². The number of carbonyl (C=O) groups is 1. The van der Waals surface area contributed by atoms with E-state index < -0.39 is 92.7 Å². The molecule has 0 saturated heterocycles. The summed E-state index contributed by atoms with van der Waals surface area (Å²) in [6, 6.07) is 8.75. The molecule has 0 bridgehead atoms. The normalized spacial score (nSPS) is 17.6. The van der Waals surface area contributed by atoms with Crippen molar-refractivity contribution >= 4 is 95.2 Å². The first-order chi connectivity index (χ1) is 46.4. The Balaban J connectivity index is 1.37. The Labute approximate surface area is 572 Å². The van der Waals surface area contributed by atoms with Crippen LogP contribution in [0.4, 0.5) is 11.4 Å². The number of aliphatic carboxylic acids is 1. The Kier molecular flexibility index (Phi) is 31.5. The molecule has 4 aromatic rings. The molecule has 2 heterocycles. The van der Waals surface area contributed by atoms with Crippen LogP contribution in [-0.4, -0.2) is 238 Å². The van der Waals surface area contributed by atoms with Crippen molar-refractivity contribution < 1.29 is 127 Å². The van der Waals surface area contributed by atoms with Crippen molar-refractivity contribution in [1.29, 1.82) is 0 Å². The van der Waals surface area contributed by atoms with Crippen LogP contribution in [0.1, 0.15) is 69.9 Å². The summed E-state index contributed by atoms with van der Waals surface area (Å²) in [6.45, 7) is 8.70.